The Balaban J connectivity index is 1.49. The Kier molecular flexibility index (Phi) is 4.49. The number of pyridine rings is 1. The van der Waals surface area contributed by atoms with E-state index < -0.39 is 0 Å². The third kappa shape index (κ3) is 3.77. The van der Waals surface area contributed by atoms with E-state index >= 15 is 0 Å². The third-order valence-corrected chi connectivity index (χ3v) is 3.99. The molecule has 0 atom stereocenters. The molecule has 0 saturated carbocycles. The Morgan fingerprint density at radius 2 is 1.93 bits per heavy atom. The lowest BCUT2D eigenvalue weighted by atomic mass is 10.2. The molecule has 0 bridgehead atoms. The van der Waals surface area contributed by atoms with Crippen molar-refractivity contribution in [2.75, 3.05) is 24.5 Å². The molecule has 2 aromatic carbocycles. The van der Waals surface area contributed by atoms with E-state index in [0.717, 1.165) is 11.4 Å². The van der Waals surface area contributed by atoms with Crippen molar-refractivity contribution in [3.05, 3.63) is 66.4 Å². The van der Waals surface area contributed by atoms with Crippen molar-refractivity contribution in [1.82, 2.24) is 4.98 Å². The van der Waals surface area contributed by atoms with E-state index in [-0.39, 0.29) is 12.7 Å². The summed E-state index contributed by atoms with van der Waals surface area (Å²) in [6.07, 6.45) is 1.58. The van der Waals surface area contributed by atoms with Gasteiger partial charge in [0, 0.05) is 35.3 Å². The highest BCUT2D eigenvalue weighted by atomic mass is 16.7. The van der Waals surface area contributed by atoms with Crippen LogP contribution in [0.15, 0.2) is 60.8 Å². The van der Waals surface area contributed by atoms with Gasteiger partial charge in [0.2, 0.25) is 6.79 Å². The quantitative estimate of drug-likeness (QED) is 0.717. The number of fused-ring (bicyclic) bond motifs is 1. The average molecular weight is 363 g/mol. The predicted octanol–water partition coefficient (Wildman–Crippen LogP) is 3.81. The van der Waals surface area contributed by atoms with Gasteiger partial charge in [-0.3, -0.25) is 4.79 Å². The van der Waals surface area contributed by atoms with Gasteiger partial charge in [-0.15, -0.1) is 0 Å². The molecular weight excluding hydrogens is 346 g/mol. The minimum Gasteiger partial charge on any atom is -0.497 e. The molecule has 1 aliphatic heterocycles. The third-order valence-electron chi connectivity index (χ3n) is 3.99. The smallest absolute Gasteiger partial charge is 0.255 e. The molecule has 136 valence electrons. The molecule has 0 spiro atoms. The summed E-state index contributed by atoms with van der Waals surface area (Å²) in [7, 11) is 1.61. The van der Waals surface area contributed by atoms with E-state index in [0.29, 0.717) is 28.6 Å². The van der Waals surface area contributed by atoms with Crippen LogP contribution in [0.3, 0.4) is 0 Å². The number of hydrogen-bond acceptors (Lipinski definition) is 6. The number of benzene rings is 2. The fourth-order valence-corrected chi connectivity index (χ4v) is 2.67. The lowest BCUT2D eigenvalue weighted by Gasteiger charge is -2.09. The van der Waals surface area contributed by atoms with Gasteiger partial charge in [-0.05, 0) is 36.4 Å². The van der Waals surface area contributed by atoms with E-state index in [9.17, 15) is 4.79 Å². The van der Waals surface area contributed by atoms with E-state index in [2.05, 4.69) is 15.6 Å². The molecular formula is C20H17N3O4. The van der Waals surface area contributed by atoms with Gasteiger partial charge in [-0.1, -0.05) is 6.07 Å². The Hall–Kier alpha value is -3.74. The second-order valence-corrected chi connectivity index (χ2v) is 5.81. The molecule has 0 unspecified atom stereocenters. The summed E-state index contributed by atoms with van der Waals surface area (Å²) in [4.78, 5) is 16.8. The zero-order valence-corrected chi connectivity index (χ0v) is 14.6. The number of amides is 1. The monoisotopic (exact) mass is 363 g/mol. The first-order valence-electron chi connectivity index (χ1n) is 8.29. The Morgan fingerprint density at radius 3 is 2.81 bits per heavy atom. The highest BCUT2D eigenvalue weighted by Crippen LogP contribution is 2.34. The van der Waals surface area contributed by atoms with Crippen molar-refractivity contribution >= 4 is 23.1 Å². The van der Waals surface area contributed by atoms with Crippen molar-refractivity contribution in [1.29, 1.82) is 0 Å². The lowest BCUT2D eigenvalue weighted by molar-refractivity contribution is 0.102. The van der Waals surface area contributed by atoms with Crippen LogP contribution in [-0.2, 0) is 0 Å². The fraction of sp³-hybridized carbons (Fsp3) is 0.100. The van der Waals surface area contributed by atoms with Crippen molar-refractivity contribution in [3.63, 3.8) is 0 Å². The maximum atomic E-state index is 12.6. The summed E-state index contributed by atoms with van der Waals surface area (Å²) in [5, 5.41) is 6.01. The summed E-state index contributed by atoms with van der Waals surface area (Å²) < 4.78 is 15.8. The van der Waals surface area contributed by atoms with Crippen molar-refractivity contribution in [2.24, 2.45) is 0 Å². The Morgan fingerprint density at radius 1 is 1.04 bits per heavy atom. The van der Waals surface area contributed by atoms with Crippen LogP contribution in [0.5, 0.6) is 17.2 Å². The highest BCUT2D eigenvalue weighted by molar-refractivity contribution is 6.04. The van der Waals surface area contributed by atoms with Gasteiger partial charge >= 0.3 is 0 Å². The second-order valence-electron chi connectivity index (χ2n) is 5.81. The van der Waals surface area contributed by atoms with E-state index in [1.165, 1.54) is 0 Å². The van der Waals surface area contributed by atoms with Crippen LogP contribution in [-0.4, -0.2) is 24.8 Å². The normalized spacial score (nSPS) is 11.7. The number of nitrogens with one attached hydrogen (secondary N) is 2. The number of rotatable bonds is 5. The van der Waals surface area contributed by atoms with Crippen LogP contribution in [0.25, 0.3) is 0 Å². The fourth-order valence-electron chi connectivity index (χ4n) is 2.67. The van der Waals surface area contributed by atoms with Crippen LogP contribution < -0.4 is 24.8 Å². The number of nitrogens with zero attached hydrogens (tertiary/aromatic N) is 1. The maximum Gasteiger partial charge on any atom is 0.255 e. The maximum absolute atomic E-state index is 12.6. The minimum atomic E-state index is -0.245. The summed E-state index contributed by atoms with van der Waals surface area (Å²) in [5.41, 5.74) is 1.92. The highest BCUT2D eigenvalue weighted by Gasteiger charge is 2.15. The standard InChI is InChI=1S/C20H17N3O4/c1-25-16-4-2-3-14(10-16)22-19-9-13(7-8-21-19)20(24)23-15-5-6-17-18(11-15)27-12-26-17/h2-11H,12H2,1H3,(H,21,22)(H,23,24). The van der Waals surface area contributed by atoms with Gasteiger partial charge in [0.25, 0.3) is 5.91 Å². The second kappa shape index (κ2) is 7.25. The molecule has 7 heteroatoms. The van der Waals surface area contributed by atoms with Gasteiger partial charge in [0.15, 0.2) is 11.5 Å². The van der Waals surface area contributed by atoms with Gasteiger partial charge in [0.1, 0.15) is 11.6 Å². The lowest BCUT2D eigenvalue weighted by Crippen LogP contribution is -2.12. The summed E-state index contributed by atoms with van der Waals surface area (Å²) in [5.74, 6) is 2.33. The van der Waals surface area contributed by atoms with E-state index in [1.54, 1.807) is 43.6 Å². The zero-order chi connectivity index (χ0) is 18.6. The molecule has 0 aliphatic carbocycles. The zero-order valence-electron chi connectivity index (χ0n) is 14.6. The number of methoxy groups -OCH3 is 1. The molecule has 3 aromatic rings. The number of ether oxygens (including phenoxy) is 3. The van der Waals surface area contributed by atoms with Crippen molar-refractivity contribution < 1.29 is 19.0 Å². The molecule has 0 fully saturated rings. The summed E-state index contributed by atoms with van der Waals surface area (Å²) >= 11 is 0. The number of aromatic nitrogens is 1. The number of carbonyl (C=O) groups excluding carboxylic acids is 1. The van der Waals surface area contributed by atoms with Crippen LogP contribution in [0.1, 0.15) is 10.4 Å². The molecule has 0 radical (unpaired) electrons. The van der Waals surface area contributed by atoms with Crippen LogP contribution in [0.4, 0.5) is 17.2 Å². The van der Waals surface area contributed by atoms with Crippen LogP contribution in [0.2, 0.25) is 0 Å². The average Bonchev–Trinajstić information content (AvgIpc) is 3.16. The van der Waals surface area contributed by atoms with E-state index in [4.69, 9.17) is 14.2 Å². The van der Waals surface area contributed by atoms with Gasteiger partial charge in [-0.25, -0.2) is 4.98 Å². The van der Waals surface area contributed by atoms with E-state index in [1.807, 2.05) is 24.3 Å². The first-order valence-corrected chi connectivity index (χ1v) is 8.29. The van der Waals surface area contributed by atoms with Crippen molar-refractivity contribution in [3.8, 4) is 17.2 Å². The summed E-state index contributed by atoms with van der Waals surface area (Å²) in [6, 6.07) is 16.1. The van der Waals surface area contributed by atoms with Crippen molar-refractivity contribution in [2.45, 2.75) is 0 Å². The summed E-state index contributed by atoms with van der Waals surface area (Å²) in [6.45, 7) is 0.191. The molecule has 1 aromatic heterocycles. The molecule has 1 amide bonds. The topological polar surface area (TPSA) is 81.7 Å². The minimum absolute atomic E-state index is 0.191. The van der Waals surface area contributed by atoms with Gasteiger partial charge < -0.3 is 24.8 Å². The molecule has 2 N–H and O–H groups in total. The first kappa shape index (κ1) is 16.7. The van der Waals surface area contributed by atoms with Gasteiger partial charge in [-0.2, -0.15) is 0 Å². The molecule has 2 heterocycles. The SMILES string of the molecule is COc1cccc(Nc2cc(C(=O)Nc3ccc4c(c3)OCO4)ccn2)c1. The Labute approximate surface area is 155 Å². The predicted molar refractivity (Wildman–Crippen MR) is 101 cm³/mol. The largest absolute Gasteiger partial charge is 0.497 e. The first-order chi connectivity index (χ1) is 13.2. The van der Waals surface area contributed by atoms with Gasteiger partial charge in [0.05, 0.1) is 7.11 Å². The molecule has 27 heavy (non-hydrogen) atoms. The molecule has 1 aliphatic rings. The van der Waals surface area contributed by atoms with Crippen LogP contribution >= 0.6 is 0 Å². The molecule has 0 saturated heterocycles. The molecule has 7 nitrogen and oxygen atoms in total. The molecule has 4 rings (SSSR count). The number of hydrogen-bond donors (Lipinski definition) is 2. The van der Waals surface area contributed by atoms with Crippen LogP contribution in [0, 0.1) is 0 Å². The number of anilines is 3. The Bertz CT molecular complexity index is 990. The number of carbonyl (C=O) groups is 1.